The van der Waals surface area contributed by atoms with Crippen LogP contribution in [0.1, 0.15) is 26.2 Å². The molecule has 1 saturated heterocycles. The van der Waals surface area contributed by atoms with Crippen LogP contribution in [-0.2, 0) is 4.79 Å². The first-order chi connectivity index (χ1) is 6.96. The molecule has 1 atom stereocenters. The zero-order valence-corrected chi connectivity index (χ0v) is 9.01. The number of carbonyl (C=O) groups excluding carboxylic acids is 1. The van der Waals surface area contributed by atoms with E-state index in [2.05, 4.69) is 0 Å². The second-order valence-corrected chi connectivity index (χ2v) is 4.20. The Kier molecular flexibility index (Phi) is 4.02. The lowest BCUT2D eigenvalue weighted by atomic mass is 10.0. The highest BCUT2D eigenvalue weighted by atomic mass is 19.3. The molecular weight excluding hydrogens is 202 g/mol. The molecule has 1 heterocycles. The van der Waals surface area contributed by atoms with E-state index >= 15 is 0 Å². The summed E-state index contributed by atoms with van der Waals surface area (Å²) in [5.74, 6) is -3.15. The predicted molar refractivity (Wildman–Crippen MR) is 53.6 cm³/mol. The van der Waals surface area contributed by atoms with Crippen molar-refractivity contribution in [2.75, 3.05) is 19.6 Å². The van der Waals surface area contributed by atoms with E-state index in [4.69, 9.17) is 5.73 Å². The van der Waals surface area contributed by atoms with Crippen molar-refractivity contribution in [3.63, 3.8) is 0 Å². The van der Waals surface area contributed by atoms with Crippen molar-refractivity contribution in [3.8, 4) is 0 Å². The van der Waals surface area contributed by atoms with Crippen molar-refractivity contribution < 1.29 is 13.6 Å². The Balaban J connectivity index is 2.52. The minimum absolute atomic E-state index is 0.109. The van der Waals surface area contributed by atoms with E-state index in [9.17, 15) is 13.6 Å². The first-order valence-corrected chi connectivity index (χ1v) is 5.33. The van der Waals surface area contributed by atoms with Crippen LogP contribution in [0, 0.1) is 5.92 Å². The summed E-state index contributed by atoms with van der Waals surface area (Å²) in [5, 5.41) is 0. The second-order valence-electron chi connectivity index (χ2n) is 4.20. The molecule has 0 radical (unpaired) electrons. The van der Waals surface area contributed by atoms with Gasteiger partial charge in [-0.2, -0.15) is 0 Å². The summed E-state index contributed by atoms with van der Waals surface area (Å²) in [6, 6.07) is 0. The lowest BCUT2D eigenvalue weighted by Gasteiger charge is -2.34. The lowest BCUT2D eigenvalue weighted by molar-refractivity contribution is -0.145. The number of alkyl halides is 2. The number of hydrogen-bond donors (Lipinski definition) is 1. The van der Waals surface area contributed by atoms with Gasteiger partial charge in [0.2, 0.25) is 5.91 Å². The van der Waals surface area contributed by atoms with E-state index in [-0.39, 0.29) is 18.2 Å². The smallest absolute Gasteiger partial charge is 0.265 e. The van der Waals surface area contributed by atoms with Crippen LogP contribution in [-0.4, -0.2) is 36.4 Å². The molecule has 1 fully saturated rings. The molecule has 0 spiro atoms. The number of nitrogens with two attached hydrogens (primary N) is 1. The van der Waals surface area contributed by atoms with Crippen LogP contribution in [0.4, 0.5) is 8.78 Å². The minimum Gasteiger partial charge on any atom is -0.336 e. The van der Waals surface area contributed by atoms with Gasteiger partial charge in [0, 0.05) is 18.9 Å². The van der Waals surface area contributed by atoms with E-state index in [1.807, 2.05) is 0 Å². The molecule has 1 unspecified atom stereocenters. The number of carbonyl (C=O) groups is 1. The number of likely N-dealkylation sites (tertiary alicyclic amines) is 1. The number of amides is 1. The quantitative estimate of drug-likeness (QED) is 0.777. The highest BCUT2D eigenvalue weighted by Gasteiger charge is 2.37. The fraction of sp³-hybridized carbons (Fsp3) is 0.900. The van der Waals surface area contributed by atoms with Gasteiger partial charge in [-0.1, -0.05) is 6.92 Å². The standard InChI is InChI=1S/C10H18F2N2O/c1-8(3-5-13)9(15)14-6-2-4-10(11,12)7-14/h8H,2-7,13H2,1H3. The predicted octanol–water partition coefficient (Wildman–Crippen LogP) is 1.23. The van der Waals surface area contributed by atoms with Crippen molar-refractivity contribution in [2.24, 2.45) is 11.7 Å². The van der Waals surface area contributed by atoms with Gasteiger partial charge >= 0.3 is 0 Å². The number of nitrogens with zero attached hydrogens (tertiary/aromatic N) is 1. The molecular formula is C10H18F2N2O. The van der Waals surface area contributed by atoms with Crippen LogP contribution in [0.25, 0.3) is 0 Å². The maximum absolute atomic E-state index is 13.0. The monoisotopic (exact) mass is 220 g/mol. The van der Waals surface area contributed by atoms with Crippen molar-refractivity contribution in [1.82, 2.24) is 4.90 Å². The molecule has 0 aliphatic carbocycles. The second kappa shape index (κ2) is 4.88. The summed E-state index contributed by atoms with van der Waals surface area (Å²) < 4.78 is 26.1. The fourth-order valence-corrected chi connectivity index (χ4v) is 1.84. The summed E-state index contributed by atoms with van der Waals surface area (Å²) in [5.41, 5.74) is 5.33. The van der Waals surface area contributed by atoms with Crippen LogP contribution in [0.2, 0.25) is 0 Å². The summed E-state index contributed by atoms with van der Waals surface area (Å²) >= 11 is 0. The van der Waals surface area contributed by atoms with E-state index in [1.165, 1.54) is 4.90 Å². The normalized spacial score (nSPS) is 22.5. The molecule has 0 aromatic heterocycles. The van der Waals surface area contributed by atoms with E-state index in [0.717, 1.165) is 0 Å². The molecule has 88 valence electrons. The topological polar surface area (TPSA) is 46.3 Å². The third-order valence-corrected chi connectivity index (χ3v) is 2.73. The molecule has 0 saturated carbocycles. The summed E-state index contributed by atoms with van der Waals surface area (Å²) in [6.45, 7) is 2.17. The average Bonchev–Trinajstić information content (AvgIpc) is 2.15. The lowest BCUT2D eigenvalue weighted by Crippen LogP contribution is -2.47. The summed E-state index contributed by atoms with van der Waals surface area (Å²) in [4.78, 5) is 13.0. The summed E-state index contributed by atoms with van der Waals surface area (Å²) in [6.07, 6.45) is 0.830. The fourth-order valence-electron chi connectivity index (χ4n) is 1.84. The minimum atomic E-state index is -2.71. The maximum atomic E-state index is 13.0. The van der Waals surface area contributed by atoms with Crippen molar-refractivity contribution >= 4 is 5.91 Å². The van der Waals surface area contributed by atoms with Crippen LogP contribution in [0.5, 0.6) is 0 Å². The highest BCUT2D eigenvalue weighted by molar-refractivity contribution is 5.78. The van der Waals surface area contributed by atoms with Crippen LogP contribution >= 0.6 is 0 Å². The Morgan fingerprint density at radius 1 is 1.60 bits per heavy atom. The van der Waals surface area contributed by atoms with Crippen molar-refractivity contribution in [2.45, 2.75) is 32.1 Å². The number of rotatable bonds is 3. The average molecular weight is 220 g/mol. The van der Waals surface area contributed by atoms with Gasteiger partial charge in [0.25, 0.3) is 5.92 Å². The van der Waals surface area contributed by atoms with Gasteiger partial charge in [-0.3, -0.25) is 4.79 Å². The van der Waals surface area contributed by atoms with Crippen LogP contribution in [0.3, 0.4) is 0 Å². The Bertz CT molecular complexity index is 233. The van der Waals surface area contributed by atoms with E-state index < -0.39 is 12.5 Å². The zero-order chi connectivity index (χ0) is 11.5. The summed E-state index contributed by atoms with van der Waals surface area (Å²) in [7, 11) is 0. The van der Waals surface area contributed by atoms with E-state index in [0.29, 0.717) is 25.9 Å². The first-order valence-electron chi connectivity index (χ1n) is 5.33. The molecule has 3 nitrogen and oxygen atoms in total. The molecule has 1 rings (SSSR count). The Morgan fingerprint density at radius 2 is 2.27 bits per heavy atom. The molecule has 0 bridgehead atoms. The molecule has 5 heteroatoms. The number of halogens is 2. The molecule has 1 amide bonds. The van der Waals surface area contributed by atoms with Crippen LogP contribution < -0.4 is 5.73 Å². The largest absolute Gasteiger partial charge is 0.336 e. The van der Waals surface area contributed by atoms with Crippen molar-refractivity contribution in [3.05, 3.63) is 0 Å². The van der Waals surface area contributed by atoms with Gasteiger partial charge in [-0.25, -0.2) is 8.78 Å². The Hall–Kier alpha value is -0.710. The van der Waals surface area contributed by atoms with Crippen molar-refractivity contribution in [1.29, 1.82) is 0 Å². The Morgan fingerprint density at radius 3 is 2.80 bits per heavy atom. The van der Waals surface area contributed by atoms with Gasteiger partial charge in [0.15, 0.2) is 0 Å². The highest BCUT2D eigenvalue weighted by Crippen LogP contribution is 2.27. The van der Waals surface area contributed by atoms with E-state index in [1.54, 1.807) is 6.92 Å². The SMILES string of the molecule is CC(CCN)C(=O)N1CCCC(F)(F)C1. The van der Waals surface area contributed by atoms with Gasteiger partial charge in [0.05, 0.1) is 6.54 Å². The van der Waals surface area contributed by atoms with Gasteiger partial charge < -0.3 is 10.6 Å². The number of piperidine rings is 1. The molecule has 0 aromatic rings. The van der Waals surface area contributed by atoms with Gasteiger partial charge in [0.1, 0.15) is 0 Å². The molecule has 1 aliphatic rings. The maximum Gasteiger partial charge on any atom is 0.265 e. The number of hydrogen-bond acceptors (Lipinski definition) is 2. The molecule has 1 aliphatic heterocycles. The third kappa shape index (κ3) is 3.41. The Labute approximate surface area is 88.6 Å². The first kappa shape index (κ1) is 12.4. The third-order valence-electron chi connectivity index (χ3n) is 2.73. The van der Waals surface area contributed by atoms with Gasteiger partial charge in [-0.05, 0) is 19.4 Å². The molecule has 2 N–H and O–H groups in total. The zero-order valence-electron chi connectivity index (χ0n) is 9.01. The molecule has 0 aromatic carbocycles. The van der Waals surface area contributed by atoms with Gasteiger partial charge in [-0.15, -0.1) is 0 Å². The molecule has 15 heavy (non-hydrogen) atoms. The van der Waals surface area contributed by atoms with Crippen LogP contribution in [0.15, 0.2) is 0 Å².